The number of nitrogens with one attached hydrogen (secondary N) is 1. The van der Waals surface area contributed by atoms with Gasteiger partial charge in [0.2, 0.25) is 0 Å². The van der Waals surface area contributed by atoms with Gasteiger partial charge >= 0.3 is 0 Å². The molecule has 0 fully saturated rings. The zero-order valence-electron chi connectivity index (χ0n) is 6.39. The Morgan fingerprint density at radius 2 is 2.30 bits per heavy atom. The van der Waals surface area contributed by atoms with Crippen LogP contribution in [0.5, 0.6) is 0 Å². The van der Waals surface area contributed by atoms with E-state index in [1.165, 1.54) is 0 Å². The van der Waals surface area contributed by atoms with Gasteiger partial charge in [-0.05, 0) is 19.7 Å². The molecule has 0 aliphatic rings. The predicted molar refractivity (Wildman–Crippen MR) is 44.6 cm³/mol. The maximum atomic E-state index is 5.55. The number of allylic oxidation sites excluding steroid dienone is 2. The summed E-state index contributed by atoms with van der Waals surface area (Å²) in [5.41, 5.74) is 6.14. The second-order valence-electron chi connectivity index (χ2n) is 1.71. The third kappa shape index (κ3) is 2.35. The van der Waals surface area contributed by atoms with Crippen molar-refractivity contribution in [3.63, 3.8) is 0 Å². The van der Waals surface area contributed by atoms with Crippen molar-refractivity contribution < 1.29 is 0 Å². The molecule has 0 spiro atoms. The van der Waals surface area contributed by atoms with E-state index < -0.39 is 0 Å². The van der Waals surface area contributed by atoms with Gasteiger partial charge < -0.3 is 11.1 Å². The molecule has 0 saturated heterocycles. The lowest BCUT2D eigenvalue weighted by Crippen LogP contribution is -2.10. The maximum Gasteiger partial charge on any atom is 0.148 e. The van der Waals surface area contributed by atoms with Crippen LogP contribution >= 0.6 is 0 Å². The standard InChI is InChI=1S/C7H13N3/c1-4-5-6(8)7(9-2)10-3/h4-5,10H,2,8H2,1,3H3/b5-4-,7-6-. The molecule has 0 heterocycles. The Morgan fingerprint density at radius 3 is 2.60 bits per heavy atom. The van der Waals surface area contributed by atoms with Crippen molar-refractivity contribution in [2.75, 3.05) is 7.05 Å². The van der Waals surface area contributed by atoms with Gasteiger partial charge in [0.15, 0.2) is 0 Å². The molecular formula is C7H13N3. The Hall–Kier alpha value is -1.25. The van der Waals surface area contributed by atoms with Crippen LogP contribution in [-0.4, -0.2) is 13.8 Å². The number of hydrogen-bond donors (Lipinski definition) is 2. The van der Waals surface area contributed by atoms with Crippen molar-refractivity contribution in [2.45, 2.75) is 6.92 Å². The van der Waals surface area contributed by atoms with E-state index in [9.17, 15) is 0 Å². The minimum atomic E-state index is 0.597. The van der Waals surface area contributed by atoms with Crippen molar-refractivity contribution in [2.24, 2.45) is 10.7 Å². The first kappa shape index (κ1) is 8.75. The van der Waals surface area contributed by atoms with E-state index in [0.717, 1.165) is 0 Å². The summed E-state index contributed by atoms with van der Waals surface area (Å²) < 4.78 is 0. The summed E-state index contributed by atoms with van der Waals surface area (Å²) >= 11 is 0. The van der Waals surface area contributed by atoms with Crippen LogP contribution in [0.3, 0.4) is 0 Å². The topological polar surface area (TPSA) is 50.4 Å². The Kier molecular flexibility index (Phi) is 4.04. The van der Waals surface area contributed by atoms with Gasteiger partial charge in [0.05, 0.1) is 5.70 Å². The maximum absolute atomic E-state index is 5.55. The van der Waals surface area contributed by atoms with Crippen LogP contribution in [0.1, 0.15) is 6.92 Å². The normalized spacial score (nSPS) is 13.0. The van der Waals surface area contributed by atoms with E-state index in [-0.39, 0.29) is 0 Å². The summed E-state index contributed by atoms with van der Waals surface area (Å²) in [7, 11) is 1.75. The first-order valence-electron chi connectivity index (χ1n) is 3.03. The van der Waals surface area contributed by atoms with Crippen LogP contribution in [0.2, 0.25) is 0 Å². The largest absolute Gasteiger partial charge is 0.396 e. The van der Waals surface area contributed by atoms with Gasteiger partial charge in [-0.1, -0.05) is 6.08 Å². The molecule has 0 radical (unpaired) electrons. The fourth-order valence-corrected chi connectivity index (χ4v) is 0.573. The Morgan fingerprint density at radius 1 is 1.70 bits per heavy atom. The third-order valence-electron chi connectivity index (χ3n) is 1.01. The minimum Gasteiger partial charge on any atom is -0.396 e. The number of nitrogens with two attached hydrogens (primary N) is 1. The first-order valence-corrected chi connectivity index (χ1v) is 3.03. The van der Waals surface area contributed by atoms with Crippen molar-refractivity contribution in [3.05, 3.63) is 23.7 Å². The summed E-state index contributed by atoms with van der Waals surface area (Å²) in [6.45, 7) is 5.24. The molecule has 10 heavy (non-hydrogen) atoms. The highest BCUT2D eigenvalue weighted by Crippen LogP contribution is 1.95. The smallest absolute Gasteiger partial charge is 0.148 e. The number of hydrogen-bond acceptors (Lipinski definition) is 3. The van der Waals surface area contributed by atoms with Crippen LogP contribution in [-0.2, 0) is 0 Å². The number of rotatable bonds is 3. The monoisotopic (exact) mass is 139 g/mol. The highest BCUT2D eigenvalue weighted by atomic mass is 15.0. The lowest BCUT2D eigenvalue weighted by Gasteiger charge is -2.00. The number of aliphatic imine (C=N–C) groups is 1. The summed E-state index contributed by atoms with van der Waals surface area (Å²) in [5.74, 6) is 0.609. The van der Waals surface area contributed by atoms with Crippen LogP contribution < -0.4 is 11.1 Å². The minimum absolute atomic E-state index is 0.597. The van der Waals surface area contributed by atoms with E-state index in [2.05, 4.69) is 17.0 Å². The van der Waals surface area contributed by atoms with E-state index >= 15 is 0 Å². The summed E-state index contributed by atoms with van der Waals surface area (Å²) in [6, 6.07) is 0. The van der Waals surface area contributed by atoms with Gasteiger partial charge in [0, 0.05) is 7.05 Å². The van der Waals surface area contributed by atoms with Gasteiger partial charge in [-0.25, -0.2) is 4.99 Å². The molecule has 0 aromatic rings. The third-order valence-corrected chi connectivity index (χ3v) is 1.01. The average Bonchev–Trinajstić information content (AvgIpc) is 1.91. The molecule has 0 aromatic carbocycles. The van der Waals surface area contributed by atoms with Crippen molar-refractivity contribution in [1.82, 2.24) is 5.32 Å². The Bertz CT molecular complexity index is 168. The molecule has 0 amide bonds. The highest BCUT2D eigenvalue weighted by Gasteiger charge is 1.91. The molecule has 0 aliphatic carbocycles. The predicted octanol–water partition coefficient (Wildman–Crippen LogP) is 0.610. The zero-order chi connectivity index (χ0) is 7.98. The fraction of sp³-hybridized carbons (Fsp3) is 0.286. The molecule has 0 saturated carbocycles. The van der Waals surface area contributed by atoms with Gasteiger partial charge in [-0.3, -0.25) is 0 Å². The summed E-state index contributed by atoms with van der Waals surface area (Å²) in [5, 5.41) is 2.81. The lowest BCUT2D eigenvalue weighted by molar-refractivity contribution is 0.943. The molecule has 0 rings (SSSR count). The van der Waals surface area contributed by atoms with Gasteiger partial charge in [-0.15, -0.1) is 0 Å². The second kappa shape index (κ2) is 4.61. The van der Waals surface area contributed by atoms with Crippen LogP contribution in [0.15, 0.2) is 28.7 Å². The molecule has 3 nitrogen and oxygen atoms in total. The molecule has 0 aromatic heterocycles. The Balaban J connectivity index is 4.42. The second-order valence-corrected chi connectivity index (χ2v) is 1.71. The van der Waals surface area contributed by atoms with E-state index in [0.29, 0.717) is 11.5 Å². The molecular weight excluding hydrogens is 126 g/mol. The van der Waals surface area contributed by atoms with E-state index in [1.807, 2.05) is 13.0 Å². The molecule has 0 atom stereocenters. The van der Waals surface area contributed by atoms with Crippen molar-refractivity contribution in [1.29, 1.82) is 0 Å². The highest BCUT2D eigenvalue weighted by molar-refractivity contribution is 5.32. The quantitative estimate of drug-likeness (QED) is 0.444. The van der Waals surface area contributed by atoms with Gasteiger partial charge in [0.25, 0.3) is 0 Å². The zero-order valence-corrected chi connectivity index (χ0v) is 6.39. The SMILES string of the molecule is C=N/C(NC)=C(N)\C=C/C. The summed E-state index contributed by atoms with van der Waals surface area (Å²) in [6.07, 6.45) is 3.61. The molecule has 0 bridgehead atoms. The first-order chi connectivity index (χ1) is 4.76. The van der Waals surface area contributed by atoms with Crippen LogP contribution in [0.4, 0.5) is 0 Å². The van der Waals surface area contributed by atoms with Crippen molar-refractivity contribution >= 4 is 6.72 Å². The van der Waals surface area contributed by atoms with Crippen LogP contribution in [0.25, 0.3) is 0 Å². The van der Waals surface area contributed by atoms with Gasteiger partial charge in [-0.2, -0.15) is 0 Å². The average molecular weight is 139 g/mol. The molecule has 3 N–H and O–H groups in total. The van der Waals surface area contributed by atoms with E-state index in [4.69, 9.17) is 5.73 Å². The molecule has 0 aliphatic heterocycles. The molecule has 0 unspecified atom stereocenters. The Labute approximate surface area is 61.3 Å². The molecule has 56 valence electrons. The summed E-state index contributed by atoms with van der Waals surface area (Å²) in [4.78, 5) is 3.67. The lowest BCUT2D eigenvalue weighted by atomic mass is 10.4. The number of nitrogens with zero attached hydrogens (tertiary/aromatic N) is 1. The van der Waals surface area contributed by atoms with E-state index in [1.54, 1.807) is 13.1 Å². The van der Waals surface area contributed by atoms with Crippen LogP contribution in [0, 0.1) is 0 Å². The van der Waals surface area contributed by atoms with Crippen molar-refractivity contribution in [3.8, 4) is 0 Å². The molecule has 3 heteroatoms. The fourth-order valence-electron chi connectivity index (χ4n) is 0.573. The van der Waals surface area contributed by atoms with Gasteiger partial charge in [0.1, 0.15) is 5.82 Å².